The fourth-order valence-electron chi connectivity index (χ4n) is 4.64. The lowest BCUT2D eigenvalue weighted by atomic mass is 9.85. The molecule has 176 valence electrons. The average Bonchev–Trinajstić information content (AvgIpc) is 3.29. The predicted molar refractivity (Wildman–Crippen MR) is 130 cm³/mol. The van der Waals surface area contributed by atoms with Gasteiger partial charge in [-0.05, 0) is 47.1 Å². The first-order chi connectivity index (χ1) is 16.3. The topological polar surface area (TPSA) is 78.3 Å². The Bertz CT molecular complexity index is 1250. The zero-order chi connectivity index (χ0) is 23.9. The molecule has 2 aromatic carbocycles. The van der Waals surface area contributed by atoms with Crippen LogP contribution in [0.5, 0.6) is 11.5 Å². The fraction of sp³-hybridized carbons (Fsp3) is 0.370. The molecule has 1 aliphatic carbocycles. The molecular formula is C27H30N4O3. The summed E-state index contributed by atoms with van der Waals surface area (Å²) in [5.41, 5.74) is 5.12. The van der Waals surface area contributed by atoms with Gasteiger partial charge < -0.3 is 14.8 Å². The molecule has 2 aliphatic rings. The van der Waals surface area contributed by atoms with Crippen molar-refractivity contribution in [2.24, 2.45) is 0 Å². The van der Waals surface area contributed by atoms with Crippen LogP contribution in [0.4, 0.5) is 5.95 Å². The highest BCUT2D eigenvalue weighted by molar-refractivity contribution is 5.99. The second kappa shape index (κ2) is 8.63. The SMILES string of the molecule is COc1cc([C@@H]2C3=C(CCCC3=O)Nc3ncnn32)ccc1OCc1ccc(C(C)(C)C)cc1. The van der Waals surface area contributed by atoms with Crippen molar-refractivity contribution in [2.45, 2.75) is 58.1 Å². The summed E-state index contributed by atoms with van der Waals surface area (Å²) in [7, 11) is 1.63. The first kappa shape index (κ1) is 22.2. The first-order valence-electron chi connectivity index (χ1n) is 11.7. The van der Waals surface area contributed by atoms with Gasteiger partial charge in [-0.1, -0.05) is 51.1 Å². The second-order valence-electron chi connectivity index (χ2n) is 9.87. The highest BCUT2D eigenvalue weighted by atomic mass is 16.5. The van der Waals surface area contributed by atoms with Gasteiger partial charge in [0.05, 0.1) is 7.11 Å². The van der Waals surface area contributed by atoms with Crippen LogP contribution in [0.25, 0.3) is 0 Å². The third-order valence-corrected chi connectivity index (χ3v) is 6.53. The van der Waals surface area contributed by atoms with E-state index in [9.17, 15) is 4.79 Å². The van der Waals surface area contributed by atoms with Gasteiger partial charge in [0.25, 0.3) is 0 Å². The minimum atomic E-state index is -0.338. The van der Waals surface area contributed by atoms with E-state index in [1.54, 1.807) is 11.8 Å². The number of Topliss-reactive ketones (excluding diaryl/α,β-unsaturated/α-hetero) is 1. The number of methoxy groups -OCH3 is 1. The number of nitrogens with zero attached hydrogens (tertiary/aromatic N) is 3. The summed E-state index contributed by atoms with van der Waals surface area (Å²) >= 11 is 0. The molecular weight excluding hydrogens is 428 g/mol. The molecule has 0 fully saturated rings. The zero-order valence-electron chi connectivity index (χ0n) is 20.1. The maximum absolute atomic E-state index is 12.9. The average molecular weight is 459 g/mol. The number of carbonyl (C=O) groups excluding carboxylic acids is 1. The normalized spacial score (nSPS) is 17.6. The van der Waals surface area contributed by atoms with Crippen LogP contribution >= 0.6 is 0 Å². The molecule has 1 aliphatic heterocycles. The summed E-state index contributed by atoms with van der Waals surface area (Å²) in [5.74, 6) is 2.08. The van der Waals surface area contributed by atoms with Gasteiger partial charge in [-0.2, -0.15) is 10.1 Å². The number of benzene rings is 2. The van der Waals surface area contributed by atoms with Crippen molar-refractivity contribution in [1.82, 2.24) is 14.8 Å². The minimum Gasteiger partial charge on any atom is -0.493 e. The smallest absolute Gasteiger partial charge is 0.226 e. The number of carbonyl (C=O) groups is 1. The molecule has 0 saturated heterocycles. The Kier molecular flexibility index (Phi) is 5.63. The van der Waals surface area contributed by atoms with Crippen molar-refractivity contribution in [3.63, 3.8) is 0 Å². The van der Waals surface area contributed by atoms with E-state index in [-0.39, 0.29) is 17.2 Å². The summed E-state index contributed by atoms with van der Waals surface area (Å²) in [6, 6.07) is 14.0. The first-order valence-corrected chi connectivity index (χ1v) is 11.7. The van der Waals surface area contributed by atoms with Crippen molar-refractivity contribution < 1.29 is 14.3 Å². The summed E-state index contributed by atoms with van der Waals surface area (Å²) in [6.07, 6.45) is 3.74. The van der Waals surface area contributed by atoms with Gasteiger partial charge in [0, 0.05) is 17.7 Å². The number of hydrogen-bond acceptors (Lipinski definition) is 6. The molecule has 1 N–H and O–H groups in total. The summed E-state index contributed by atoms with van der Waals surface area (Å²) < 4.78 is 13.6. The Hall–Kier alpha value is -3.61. The number of ether oxygens (including phenoxy) is 2. The third-order valence-electron chi connectivity index (χ3n) is 6.53. The van der Waals surface area contributed by atoms with Gasteiger partial charge in [0.15, 0.2) is 17.3 Å². The van der Waals surface area contributed by atoms with Crippen LogP contribution in [-0.4, -0.2) is 27.7 Å². The highest BCUT2D eigenvalue weighted by Gasteiger charge is 2.36. The molecule has 3 aromatic rings. The molecule has 5 rings (SSSR count). The zero-order valence-corrected chi connectivity index (χ0v) is 20.1. The van der Waals surface area contributed by atoms with Crippen molar-refractivity contribution in [1.29, 1.82) is 0 Å². The Balaban J connectivity index is 1.42. The quantitative estimate of drug-likeness (QED) is 0.567. The van der Waals surface area contributed by atoms with E-state index in [4.69, 9.17) is 9.47 Å². The van der Waals surface area contributed by atoms with Crippen LogP contribution in [0.2, 0.25) is 0 Å². The highest BCUT2D eigenvalue weighted by Crippen LogP contribution is 2.41. The molecule has 7 heteroatoms. The predicted octanol–water partition coefficient (Wildman–Crippen LogP) is 5.19. The third kappa shape index (κ3) is 4.06. The lowest BCUT2D eigenvalue weighted by Crippen LogP contribution is -2.31. The maximum Gasteiger partial charge on any atom is 0.226 e. The van der Waals surface area contributed by atoms with Gasteiger partial charge >= 0.3 is 0 Å². The van der Waals surface area contributed by atoms with E-state index in [1.165, 1.54) is 11.9 Å². The van der Waals surface area contributed by atoms with E-state index in [0.717, 1.165) is 35.2 Å². The van der Waals surface area contributed by atoms with Crippen LogP contribution in [0, 0.1) is 0 Å². The van der Waals surface area contributed by atoms with Crippen LogP contribution in [0.15, 0.2) is 60.1 Å². The molecule has 2 heterocycles. The van der Waals surface area contributed by atoms with Crippen molar-refractivity contribution in [2.75, 3.05) is 12.4 Å². The number of anilines is 1. The molecule has 1 atom stereocenters. The van der Waals surface area contributed by atoms with Crippen LogP contribution < -0.4 is 14.8 Å². The Labute approximate surface area is 199 Å². The standard InChI is InChI=1S/C27H30N4O3/c1-27(2,3)19-11-8-17(9-12-19)15-34-22-13-10-18(14-23(22)33-4)25-24-20(6-5-7-21(24)32)30-26-28-16-29-31(25)26/h8-14,16,25H,5-7,15H2,1-4H3,(H,28,29,30)/t25-/m1/s1. The van der Waals surface area contributed by atoms with Crippen molar-refractivity contribution in [3.8, 4) is 11.5 Å². The van der Waals surface area contributed by atoms with Gasteiger partial charge in [-0.25, -0.2) is 4.68 Å². The molecule has 7 nitrogen and oxygen atoms in total. The van der Waals surface area contributed by atoms with E-state index >= 15 is 0 Å². The van der Waals surface area contributed by atoms with Crippen molar-refractivity contribution >= 4 is 11.7 Å². The molecule has 0 saturated carbocycles. The van der Waals surface area contributed by atoms with Gasteiger partial charge in [-0.3, -0.25) is 4.79 Å². The number of hydrogen-bond donors (Lipinski definition) is 1. The number of aromatic nitrogens is 3. The summed E-state index contributed by atoms with van der Waals surface area (Å²) in [6.45, 7) is 7.05. The minimum absolute atomic E-state index is 0.117. The van der Waals surface area contributed by atoms with Crippen LogP contribution in [0.1, 0.15) is 62.8 Å². The van der Waals surface area contributed by atoms with Gasteiger partial charge in [-0.15, -0.1) is 0 Å². The van der Waals surface area contributed by atoms with Gasteiger partial charge in [0.2, 0.25) is 5.95 Å². The summed E-state index contributed by atoms with van der Waals surface area (Å²) in [5, 5.41) is 7.70. The largest absolute Gasteiger partial charge is 0.493 e. The van der Waals surface area contributed by atoms with E-state index in [1.807, 2.05) is 18.2 Å². The molecule has 0 amide bonds. The molecule has 0 radical (unpaired) electrons. The number of nitrogens with one attached hydrogen (secondary N) is 1. The number of fused-ring (bicyclic) bond motifs is 1. The molecule has 0 spiro atoms. The number of ketones is 1. The summed E-state index contributed by atoms with van der Waals surface area (Å²) in [4.78, 5) is 17.2. The van der Waals surface area contributed by atoms with E-state index in [2.05, 4.69) is 60.4 Å². The fourth-order valence-corrected chi connectivity index (χ4v) is 4.64. The van der Waals surface area contributed by atoms with E-state index < -0.39 is 0 Å². The lowest BCUT2D eigenvalue weighted by molar-refractivity contribution is -0.116. The molecule has 0 bridgehead atoms. The van der Waals surface area contributed by atoms with Crippen LogP contribution in [0.3, 0.4) is 0 Å². The van der Waals surface area contributed by atoms with Crippen LogP contribution in [-0.2, 0) is 16.8 Å². The lowest BCUT2D eigenvalue weighted by Gasteiger charge is -2.32. The number of allylic oxidation sites excluding steroid dienone is 2. The van der Waals surface area contributed by atoms with E-state index in [0.29, 0.717) is 30.5 Å². The molecule has 0 unspecified atom stereocenters. The Morgan fingerprint density at radius 1 is 1.09 bits per heavy atom. The maximum atomic E-state index is 12.9. The molecule has 34 heavy (non-hydrogen) atoms. The number of rotatable bonds is 5. The van der Waals surface area contributed by atoms with Crippen molar-refractivity contribution in [3.05, 3.63) is 76.8 Å². The molecule has 1 aromatic heterocycles. The second-order valence-corrected chi connectivity index (χ2v) is 9.87. The Morgan fingerprint density at radius 2 is 1.88 bits per heavy atom. The van der Waals surface area contributed by atoms with Gasteiger partial charge in [0.1, 0.15) is 19.0 Å². The monoisotopic (exact) mass is 458 g/mol. The Morgan fingerprint density at radius 3 is 2.62 bits per heavy atom.